The summed E-state index contributed by atoms with van der Waals surface area (Å²) >= 11 is 5.21. The van der Waals surface area contributed by atoms with Crippen LogP contribution in [0.25, 0.3) is 0 Å². The first kappa shape index (κ1) is 15.4. The molecule has 1 aromatic carbocycles. The van der Waals surface area contributed by atoms with E-state index >= 15 is 0 Å². The number of nitrogens with one attached hydrogen (secondary N) is 1. The van der Waals surface area contributed by atoms with Crippen LogP contribution in [-0.2, 0) is 0 Å². The van der Waals surface area contributed by atoms with Crippen LogP contribution in [0.1, 0.15) is 24.1 Å². The third-order valence-electron chi connectivity index (χ3n) is 3.07. The van der Waals surface area contributed by atoms with Gasteiger partial charge in [-0.3, -0.25) is 0 Å². The molecule has 0 aliphatic rings. The molecule has 20 heavy (non-hydrogen) atoms. The Bertz CT molecular complexity index is 571. The van der Waals surface area contributed by atoms with E-state index in [1.165, 1.54) is 5.56 Å². The summed E-state index contributed by atoms with van der Waals surface area (Å²) in [4.78, 5) is 0. The van der Waals surface area contributed by atoms with Gasteiger partial charge in [0.1, 0.15) is 0 Å². The number of rotatable bonds is 6. The number of halogens is 1. The highest BCUT2D eigenvalue weighted by Crippen LogP contribution is 2.34. The van der Waals surface area contributed by atoms with Crippen molar-refractivity contribution >= 4 is 27.3 Å². The van der Waals surface area contributed by atoms with Gasteiger partial charge in [-0.05, 0) is 57.2 Å². The van der Waals surface area contributed by atoms with Crippen molar-refractivity contribution in [3.8, 4) is 11.5 Å². The van der Waals surface area contributed by atoms with Gasteiger partial charge in [0, 0.05) is 0 Å². The van der Waals surface area contributed by atoms with E-state index in [0.717, 1.165) is 27.4 Å². The van der Waals surface area contributed by atoms with Gasteiger partial charge in [0.25, 0.3) is 0 Å². The van der Waals surface area contributed by atoms with Gasteiger partial charge in [-0.1, -0.05) is 13.0 Å². The normalized spacial score (nSPS) is 12.2. The summed E-state index contributed by atoms with van der Waals surface area (Å²) in [5, 5.41) is 5.67. The van der Waals surface area contributed by atoms with Crippen molar-refractivity contribution in [3.63, 3.8) is 0 Å². The molecule has 108 valence electrons. The van der Waals surface area contributed by atoms with Gasteiger partial charge in [0.15, 0.2) is 11.5 Å². The smallest absolute Gasteiger partial charge is 0.161 e. The highest BCUT2D eigenvalue weighted by atomic mass is 79.9. The molecular weight excluding hydrogens is 338 g/mol. The first-order chi connectivity index (χ1) is 9.69. The average molecular weight is 356 g/mol. The van der Waals surface area contributed by atoms with Crippen molar-refractivity contribution in [1.82, 2.24) is 5.32 Å². The van der Waals surface area contributed by atoms with Crippen molar-refractivity contribution in [2.45, 2.75) is 13.0 Å². The minimum Gasteiger partial charge on any atom is -0.493 e. The van der Waals surface area contributed by atoms with Crippen molar-refractivity contribution in [1.29, 1.82) is 0 Å². The minimum atomic E-state index is 0.155. The zero-order valence-corrected chi connectivity index (χ0v) is 14.2. The molecule has 0 saturated carbocycles. The number of thiophene rings is 1. The molecule has 1 unspecified atom stereocenters. The Labute approximate surface area is 132 Å². The standard InChI is InChI=1S/C15H18BrNO2S/c1-4-17-15(11-8-14(16)20-9-11)10-5-6-12(18-2)13(7-10)19-3/h5-9,15,17H,4H2,1-3H3. The Kier molecular flexibility index (Phi) is 5.46. The fourth-order valence-corrected chi connectivity index (χ4v) is 3.34. The van der Waals surface area contributed by atoms with E-state index in [1.54, 1.807) is 25.6 Å². The van der Waals surface area contributed by atoms with Crippen LogP contribution in [0, 0.1) is 0 Å². The molecule has 0 bridgehead atoms. The molecule has 1 atom stereocenters. The molecule has 0 radical (unpaired) electrons. The summed E-state index contributed by atoms with van der Waals surface area (Å²) in [6.45, 7) is 3.00. The van der Waals surface area contributed by atoms with Crippen molar-refractivity contribution in [2.75, 3.05) is 20.8 Å². The fraction of sp³-hybridized carbons (Fsp3) is 0.333. The predicted octanol–water partition coefficient (Wildman–Crippen LogP) is 4.23. The van der Waals surface area contributed by atoms with Crippen molar-refractivity contribution in [3.05, 3.63) is 44.6 Å². The minimum absolute atomic E-state index is 0.155. The van der Waals surface area contributed by atoms with Crippen molar-refractivity contribution in [2.24, 2.45) is 0 Å². The van der Waals surface area contributed by atoms with E-state index in [9.17, 15) is 0 Å². The molecule has 0 amide bonds. The van der Waals surface area contributed by atoms with Crippen LogP contribution in [0.2, 0.25) is 0 Å². The Morgan fingerprint density at radius 2 is 1.90 bits per heavy atom. The van der Waals surface area contributed by atoms with Crippen LogP contribution in [0.15, 0.2) is 33.4 Å². The third kappa shape index (κ3) is 3.34. The first-order valence-electron chi connectivity index (χ1n) is 6.38. The Hall–Kier alpha value is -1.04. The number of methoxy groups -OCH3 is 2. The molecule has 3 nitrogen and oxygen atoms in total. The molecule has 0 aliphatic carbocycles. The lowest BCUT2D eigenvalue weighted by Gasteiger charge is -2.19. The molecule has 1 aromatic heterocycles. The molecule has 0 aliphatic heterocycles. The van der Waals surface area contributed by atoms with Gasteiger partial charge in [-0.2, -0.15) is 0 Å². The number of hydrogen-bond acceptors (Lipinski definition) is 4. The first-order valence-corrected chi connectivity index (χ1v) is 8.06. The summed E-state index contributed by atoms with van der Waals surface area (Å²) in [7, 11) is 3.31. The molecule has 5 heteroatoms. The maximum Gasteiger partial charge on any atom is 0.161 e. The van der Waals surface area contributed by atoms with Crippen LogP contribution in [0.3, 0.4) is 0 Å². The highest BCUT2D eigenvalue weighted by Gasteiger charge is 2.16. The van der Waals surface area contributed by atoms with Gasteiger partial charge in [-0.15, -0.1) is 11.3 Å². The topological polar surface area (TPSA) is 30.5 Å². The Balaban J connectivity index is 2.39. The van der Waals surface area contributed by atoms with E-state index in [0.29, 0.717) is 0 Å². The van der Waals surface area contributed by atoms with E-state index in [-0.39, 0.29) is 6.04 Å². The molecular formula is C15H18BrNO2S. The lowest BCUT2D eigenvalue weighted by atomic mass is 10.0. The maximum absolute atomic E-state index is 5.39. The van der Waals surface area contributed by atoms with Crippen LogP contribution in [0.4, 0.5) is 0 Å². The van der Waals surface area contributed by atoms with Gasteiger partial charge >= 0.3 is 0 Å². The third-order valence-corrected chi connectivity index (χ3v) is 4.59. The summed E-state index contributed by atoms with van der Waals surface area (Å²) in [5.74, 6) is 1.50. The van der Waals surface area contributed by atoms with Crippen LogP contribution >= 0.6 is 27.3 Å². The molecule has 1 N–H and O–H groups in total. The maximum atomic E-state index is 5.39. The van der Waals surface area contributed by atoms with E-state index in [2.05, 4.69) is 45.7 Å². The molecule has 2 aromatic rings. The predicted molar refractivity (Wildman–Crippen MR) is 87.1 cm³/mol. The number of ether oxygens (including phenoxy) is 2. The van der Waals surface area contributed by atoms with Crippen LogP contribution in [0.5, 0.6) is 11.5 Å². The SMILES string of the molecule is CCNC(c1csc(Br)c1)c1ccc(OC)c(OC)c1. The lowest BCUT2D eigenvalue weighted by Crippen LogP contribution is -2.21. The van der Waals surface area contributed by atoms with E-state index < -0.39 is 0 Å². The lowest BCUT2D eigenvalue weighted by molar-refractivity contribution is 0.354. The summed E-state index contributed by atoms with van der Waals surface area (Å²) in [6.07, 6.45) is 0. The van der Waals surface area contributed by atoms with Crippen LogP contribution < -0.4 is 14.8 Å². The Morgan fingerprint density at radius 1 is 1.15 bits per heavy atom. The van der Waals surface area contributed by atoms with Gasteiger partial charge in [0.05, 0.1) is 24.0 Å². The molecule has 0 fully saturated rings. The van der Waals surface area contributed by atoms with E-state index in [1.807, 2.05) is 12.1 Å². The number of benzene rings is 1. The fourth-order valence-electron chi connectivity index (χ4n) is 2.14. The summed E-state index contributed by atoms with van der Waals surface area (Å²) in [5.41, 5.74) is 2.41. The van der Waals surface area contributed by atoms with Crippen molar-refractivity contribution < 1.29 is 9.47 Å². The molecule has 0 saturated heterocycles. The zero-order valence-electron chi connectivity index (χ0n) is 11.8. The second-order valence-electron chi connectivity index (χ2n) is 4.29. The second-order valence-corrected chi connectivity index (χ2v) is 6.58. The Morgan fingerprint density at radius 3 is 2.45 bits per heavy atom. The van der Waals surface area contributed by atoms with E-state index in [4.69, 9.17) is 9.47 Å². The van der Waals surface area contributed by atoms with Gasteiger partial charge < -0.3 is 14.8 Å². The second kappa shape index (κ2) is 7.11. The molecule has 0 spiro atoms. The average Bonchev–Trinajstić information content (AvgIpc) is 2.90. The molecule has 1 heterocycles. The highest BCUT2D eigenvalue weighted by molar-refractivity contribution is 9.11. The molecule has 2 rings (SSSR count). The summed E-state index contributed by atoms with van der Waals surface area (Å²) < 4.78 is 11.8. The zero-order chi connectivity index (χ0) is 14.5. The largest absolute Gasteiger partial charge is 0.493 e. The summed E-state index contributed by atoms with van der Waals surface area (Å²) in [6, 6.07) is 8.34. The van der Waals surface area contributed by atoms with Crippen LogP contribution in [-0.4, -0.2) is 20.8 Å². The van der Waals surface area contributed by atoms with Gasteiger partial charge in [0.2, 0.25) is 0 Å². The van der Waals surface area contributed by atoms with Gasteiger partial charge in [-0.25, -0.2) is 0 Å². The number of hydrogen-bond donors (Lipinski definition) is 1. The monoisotopic (exact) mass is 355 g/mol. The quantitative estimate of drug-likeness (QED) is 0.840.